The first-order chi connectivity index (χ1) is 24.2. The number of benzene rings is 1. The van der Waals surface area contributed by atoms with E-state index in [4.69, 9.17) is 24.8 Å². The second-order valence-corrected chi connectivity index (χ2v) is 16.7. The van der Waals surface area contributed by atoms with Crippen LogP contribution in [0.4, 0.5) is 17.1 Å². The van der Waals surface area contributed by atoms with Crippen molar-refractivity contribution in [2.24, 2.45) is 5.73 Å². The van der Waals surface area contributed by atoms with E-state index < -0.39 is 23.0 Å². The lowest BCUT2D eigenvalue weighted by Crippen LogP contribution is -3.00. The highest BCUT2D eigenvalue weighted by Crippen LogP contribution is 2.35. The van der Waals surface area contributed by atoms with Crippen molar-refractivity contribution in [1.82, 2.24) is 15.0 Å². The second-order valence-electron chi connectivity index (χ2n) is 8.26. The zero-order chi connectivity index (χ0) is 38.7. The molecule has 0 fully saturated rings. The van der Waals surface area contributed by atoms with E-state index in [0.29, 0.717) is 22.3 Å². The molecule has 27 heteroatoms. The van der Waals surface area contributed by atoms with Gasteiger partial charge in [-0.3, -0.25) is 30.3 Å². The van der Waals surface area contributed by atoms with E-state index in [2.05, 4.69) is 54.7 Å². The maximum absolute atomic E-state index is 10.8. The van der Waals surface area contributed by atoms with Crippen molar-refractivity contribution in [2.75, 3.05) is 24.6 Å². The van der Waals surface area contributed by atoms with Gasteiger partial charge in [0.25, 0.3) is 0 Å². The van der Waals surface area contributed by atoms with Crippen molar-refractivity contribution in [3.05, 3.63) is 121 Å². The van der Waals surface area contributed by atoms with Crippen LogP contribution in [0, 0.1) is 30.3 Å². The summed E-state index contributed by atoms with van der Waals surface area (Å²) in [5.41, 5.74) is 10.00. The van der Waals surface area contributed by atoms with Crippen molar-refractivity contribution in [1.29, 1.82) is 0 Å². The summed E-state index contributed by atoms with van der Waals surface area (Å²) in [4.78, 5) is 42.0. The maximum Gasteiger partial charge on any atom is 0.317 e. The predicted octanol–water partition coefficient (Wildman–Crippen LogP) is 1.08. The van der Waals surface area contributed by atoms with Gasteiger partial charge in [-0.25, -0.2) is 15.0 Å². The molecule has 0 aliphatic heterocycles. The largest absolute Gasteiger partial charge is 1.00 e. The third-order valence-electron chi connectivity index (χ3n) is 4.63. The fourth-order valence-corrected chi connectivity index (χ4v) is 6.15. The Bertz CT molecular complexity index is 1740. The first-order valence-corrected chi connectivity index (χ1v) is 22.2. The maximum atomic E-state index is 10.8. The minimum absolute atomic E-state index is 0. The van der Waals surface area contributed by atoms with E-state index in [1.165, 1.54) is 63.8 Å². The van der Waals surface area contributed by atoms with E-state index in [1.807, 2.05) is 30.3 Å². The Morgan fingerprint density at radius 1 is 0.755 bits per heavy atom. The van der Waals surface area contributed by atoms with E-state index in [9.17, 15) is 30.3 Å². The summed E-state index contributed by atoms with van der Waals surface area (Å²) >= 11 is 5.23. The molecule has 1 aromatic carbocycles. The molecule has 0 saturated heterocycles. The van der Waals surface area contributed by atoms with Crippen LogP contribution in [0.15, 0.2) is 100 Å². The molecule has 4 aromatic rings. The van der Waals surface area contributed by atoms with E-state index in [1.54, 1.807) is 24.5 Å². The van der Waals surface area contributed by atoms with Crippen LogP contribution < -0.4 is 36.3 Å². The number of pyridine rings is 3. The van der Waals surface area contributed by atoms with Gasteiger partial charge in [0.2, 0.25) is 0 Å². The van der Waals surface area contributed by atoms with Crippen LogP contribution in [0.1, 0.15) is 5.56 Å². The molecule has 3 heterocycles. The molecule has 16 nitrogen and oxygen atoms in total. The topological polar surface area (TPSA) is 256 Å². The van der Waals surface area contributed by atoms with Gasteiger partial charge in [-0.05, 0) is 45.2 Å². The number of thiol groups is 1. The molecule has 0 saturated carbocycles. The van der Waals surface area contributed by atoms with E-state index in [0.717, 1.165) is 34.6 Å². The van der Waals surface area contributed by atoms with Gasteiger partial charge in [-0.15, -0.1) is 0 Å². The number of rotatable bonds is 12. The molecule has 0 spiro atoms. The van der Waals surface area contributed by atoms with Gasteiger partial charge in [-0.1, -0.05) is 52.9 Å². The Labute approximate surface area is 352 Å². The van der Waals surface area contributed by atoms with Crippen LogP contribution in [0.3, 0.4) is 0 Å². The number of hydrogen-bond acceptors (Lipinski definition) is 17. The quantitative estimate of drug-likeness (QED) is 0.0342. The average Bonchev–Trinajstić information content (AvgIpc) is 3.11. The molecule has 0 radical (unpaired) electrons. The zero-order valence-corrected chi connectivity index (χ0v) is 35.5. The number of halogens is 5. The summed E-state index contributed by atoms with van der Waals surface area (Å²) < 4.78 is 18.3. The molecule has 3 aromatic heterocycles. The Hall–Kier alpha value is -2.06. The van der Waals surface area contributed by atoms with Crippen molar-refractivity contribution in [2.45, 2.75) is 20.8 Å². The molecule has 0 aliphatic carbocycles. The minimum atomic E-state index is -3.72. The van der Waals surface area contributed by atoms with Gasteiger partial charge in [0.1, 0.15) is 0 Å². The third-order valence-corrected chi connectivity index (χ3v) is 9.23. The minimum Gasteiger partial charge on any atom is -1.00 e. The van der Waals surface area contributed by atoms with Crippen molar-refractivity contribution in [3.8, 4) is 0 Å². The first kappa shape index (κ1) is 55.3. The Morgan fingerprint density at radius 3 is 1.53 bits per heavy atom. The summed E-state index contributed by atoms with van der Waals surface area (Å²) in [6.07, 6.45) is 4.57. The number of thioether (sulfide) groups is 1. The molecule has 5 N–H and O–H groups in total. The van der Waals surface area contributed by atoms with Gasteiger partial charge in [0, 0.05) is 92.9 Å². The summed E-state index contributed by atoms with van der Waals surface area (Å²) in [5, 5.41) is 32.7. The van der Waals surface area contributed by atoms with Crippen LogP contribution in [0.25, 0.3) is 0 Å². The van der Waals surface area contributed by atoms with E-state index >= 15 is 0 Å². The molecule has 0 amide bonds. The lowest BCUT2D eigenvalue weighted by molar-refractivity contribution is -0.388. The number of nitro groups is 3. The van der Waals surface area contributed by atoms with Crippen LogP contribution >= 0.6 is 89.0 Å². The van der Waals surface area contributed by atoms with Crippen LogP contribution in [-0.2, 0) is 14.0 Å². The monoisotopic (exact) mass is 949 g/mol. The fraction of sp³-hybridized carbons (Fsp3) is 0.192. The standard InChI is InChI=1S/C12H10N2O2S.C7H9N3O2S2.C5H3ClN2O2S.C2H7NS.Cl2O2S.2ClH/c15-14(16)11-7-4-8-13-12(11)17-9-10-5-2-1-3-6-10;8-3-5-13-14-7-6(10(11)12)2-1-4-9-7;6-11-5-4(8(9)10)2-1-3-7-5;3-1-2-4;1-5(2,3)4;;/h1-8H,9H2;1-2,4H,3,5,8H2;1-3H;4H,1-3H2;;2*1H/p-1. The van der Waals surface area contributed by atoms with Gasteiger partial charge >= 0.3 is 25.3 Å². The number of nitrogens with zero attached hydrogens (tertiary/aromatic N) is 6. The van der Waals surface area contributed by atoms with Crippen LogP contribution in [-0.4, -0.2) is 62.7 Å². The Morgan fingerprint density at radius 2 is 1.15 bits per heavy atom. The fourth-order valence-electron chi connectivity index (χ4n) is 2.67. The predicted molar refractivity (Wildman–Crippen MR) is 210 cm³/mol. The number of hydrogen-bond donors (Lipinski definition) is 3. The molecule has 4 rings (SSSR count). The molecule has 294 valence electrons. The Balaban J connectivity index is -0.000000633. The van der Waals surface area contributed by atoms with Crippen LogP contribution in [0.2, 0.25) is 0 Å². The molecule has 53 heavy (non-hydrogen) atoms. The molecule has 0 unspecified atom stereocenters. The molecule has 0 atom stereocenters. The highest BCUT2D eigenvalue weighted by Gasteiger charge is 2.15. The number of quaternary nitrogens is 1. The van der Waals surface area contributed by atoms with Gasteiger partial charge < -0.3 is 36.3 Å². The molecule has 0 bridgehead atoms. The summed E-state index contributed by atoms with van der Waals surface area (Å²) in [6.45, 7) is 1.49. The van der Waals surface area contributed by atoms with Gasteiger partial charge in [0.05, 0.1) is 21.3 Å². The van der Waals surface area contributed by atoms with E-state index in [-0.39, 0.29) is 46.9 Å². The second kappa shape index (κ2) is 33.3. The molecule has 0 aliphatic rings. The first-order valence-electron chi connectivity index (χ1n) is 13.5. The average molecular weight is 952 g/mol. The van der Waals surface area contributed by atoms with Crippen molar-refractivity contribution in [3.63, 3.8) is 0 Å². The number of aromatic nitrogens is 3. The summed E-state index contributed by atoms with van der Waals surface area (Å²) in [7, 11) is 13.6. The van der Waals surface area contributed by atoms with Gasteiger partial charge in [0.15, 0.2) is 15.1 Å². The molecular formula is C26H30Cl5N8O8S6-. The number of nitrogens with two attached hydrogens (primary N) is 1. The lowest BCUT2D eigenvalue weighted by Gasteiger charge is -2.01. The Kier molecular flexibility index (Phi) is 34.7. The normalized spacial score (nSPS) is 9.55. The van der Waals surface area contributed by atoms with Crippen molar-refractivity contribution >= 4 is 114 Å². The summed E-state index contributed by atoms with van der Waals surface area (Å²) in [5.74, 6) is 2.33. The molecular weight excluding hydrogens is 922 g/mol. The summed E-state index contributed by atoms with van der Waals surface area (Å²) in [6, 6.07) is 18.7. The van der Waals surface area contributed by atoms with Gasteiger partial charge in [-0.2, -0.15) is 21.0 Å². The lowest BCUT2D eigenvalue weighted by atomic mass is 10.2. The SMILES string of the molecule is NCCSSc1ncccc1[N+](=O)[O-].O=S(=O)(Cl)Cl.O=[N+]([O-])c1cccnc1SCc1ccccc1.O=[N+]([O-])c1cccnc1SCl.[Cl-].[Cl-].[NH3+]CCS. The zero-order valence-electron chi connectivity index (χ0n) is 26.7. The highest BCUT2D eigenvalue weighted by molar-refractivity contribution is 8.76. The smallest absolute Gasteiger partial charge is 0.317 e. The van der Waals surface area contributed by atoms with Crippen molar-refractivity contribution < 1.29 is 53.7 Å². The highest BCUT2D eigenvalue weighted by atomic mass is 36.0. The third kappa shape index (κ3) is 28.1. The van der Waals surface area contributed by atoms with Crippen LogP contribution in [0.5, 0.6) is 0 Å².